The number of nitrogens with zero attached hydrogens (tertiary/aromatic N) is 1. The third-order valence-corrected chi connectivity index (χ3v) is 3.81. The molecule has 0 atom stereocenters. The minimum atomic E-state index is -0.190. The fourth-order valence-electron chi connectivity index (χ4n) is 2.45. The summed E-state index contributed by atoms with van der Waals surface area (Å²) in [5.41, 5.74) is 0.845. The maximum absolute atomic E-state index is 12.8. The number of aromatic nitrogens is 1. The Morgan fingerprint density at radius 1 is 1.04 bits per heavy atom. The van der Waals surface area contributed by atoms with Gasteiger partial charge in [0, 0.05) is 22.2 Å². The topological polar surface area (TPSA) is 48.4 Å². The highest BCUT2D eigenvalue weighted by Gasteiger charge is 2.16. The van der Waals surface area contributed by atoms with E-state index in [1.807, 2.05) is 12.1 Å². The molecule has 0 radical (unpaired) electrons. The van der Waals surface area contributed by atoms with Crippen LogP contribution in [0.4, 0.5) is 0 Å². The third-order valence-electron chi connectivity index (χ3n) is 3.57. The van der Waals surface area contributed by atoms with Crippen LogP contribution in [0.3, 0.4) is 0 Å². The number of carbonyl (C=O) groups excluding carboxylic acids is 1. The summed E-state index contributed by atoms with van der Waals surface area (Å²) in [7, 11) is 3.13. The molecule has 4 nitrogen and oxygen atoms in total. The van der Waals surface area contributed by atoms with E-state index in [4.69, 9.17) is 21.1 Å². The standard InChI is InChI=1S/C18H14ClNO3/c1-22-15-9-11-6-7-20-17(14(11)10-16(15)23-2)18(21)12-4-3-5-13(19)8-12/h3-10H,1-2H3. The number of ketones is 1. The van der Waals surface area contributed by atoms with Crippen LogP contribution in [0, 0.1) is 0 Å². The lowest BCUT2D eigenvalue weighted by Gasteiger charge is -2.11. The van der Waals surface area contributed by atoms with Gasteiger partial charge in [0.25, 0.3) is 0 Å². The Bertz CT molecular complexity index is 893. The Hall–Kier alpha value is -2.59. The van der Waals surface area contributed by atoms with E-state index in [1.54, 1.807) is 50.7 Å². The SMILES string of the molecule is COc1cc2ccnc(C(=O)c3cccc(Cl)c3)c2cc1OC. The number of rotatable bonds is 4. The van der Waals surface area contributed by atoms with E-state index in [-0.39, 0.29) is 5.78 Å². The Morgan fingerprint density at radius 2 is 1.78 bits per heavy atom. The first kappa shape index (κ1) is 15.3. The molecule has 3 aromatic rings. The lowest BCUT2D eigenvalue weighted by molar-refractivity contribution is 0.103. The fourth-order valence-corrected chi connectivity index (χ4v) is 2.64. The minimum Gasteiger partial charge on any atom is -0.493 e. The fraction of sp³-hybridized carbons (Fsp3) is 0.111. The molecule has 2 aromatic carbocycles. The number of hydrogen-bond donors (Lipinski definition) is 0. The number of benzene rings is 2. The Labute approximate surface area is 138 Å². The average Bonchev–Trinajstić information content (AvgIpc) is 2.59. The first-order chi connectivity index (χ1) is 11.1. The lowest BCUT2D eigenvalue weighted by Crippen LogP contribution is -2.05. The van der Waals surface area contributed by atoms with E-state index in [0.29, 0.717) is 33.2 Å². The molecule has 0 saturated heterocycles. The summed E-state index contributed by atoms with van der Waals surface area (Å²) in [5, 5.41) is 2.06. The van der Waals surface area contributed by atoms with Gasteiger partial charge in [0.1, 0.15) is 5.69 Å². The third kappa shape index (κ3) is 2.85. The molecule has 0 bridgehead atoms. The predicted molar refractivity (Wildman–Crippen MR) is 89.7 cm³/mol. The van der Waals surface area contributed by atoms with E-state index in [2.05, 4.69) is 4.98 Å². The highest BCUT2D eigenvalue weighted by Crippen LogP contribution is 2.33. The Kier molecular flexibility index (Phi) is 4.17. The van der Waals surface area contributed by atoms with Gasteiger partial charge in [0.05, 0.1) is 14.2 Å². The van der Waals surface area contributed by atoms with Gasteiger partial charge in [-0.25, -0.2) is 0 Å². The van der Waals surface area contributed by atoms with E-state index >= 15 is 0 Å². The summed E-state index contributed by atoms with van der Waals surface area (Å²) in [6.45, 7) is 0. The molecule has 0 spiro atoms. The van der Waals surface area contributed by atoms with Crippen molar-refractivity contribution in [3.8, 4) is 11.5 Å². The summed E-state index contributed by atoms with van der Waals surface area (Å²) in [6.07, 6.45) is 1.60. The van der Waals surface area contributed by atoms with Crippen LogP contribution in [-0.4, -0.2) is 25.0 Å². The van der Waals surface area contributed by atoms with Crippen molar-refractivity contribution < 1.29 is 14.3 Å². The van der Waals surface area contributed by atoms with Crippen LogP contribution in [0.5, 0.6) is 11.5 Å². The molecule has 3 rings (SSSR count). The second-order valence-electron chi connectivity index (χ2n) is 4.93. The summed E-state index contributed by atoms with van der Waals surface area (Å²) in [5.74, 6) is 0.964. The van der Waals surface area contributed by atoms with Gasteiger partial charge in [-0.15, -0.1) is 0 Å². The van der Waals surface area contributed by atoms with Gasteiger partial charge in [-0.1, -0.05) is 23.7 Å². The van der Waals surface area contributed by atoms with E-state index in [0.717, 1.165) is 5.39 Å². The van der Waals surface area contributed by atoms with E-state index < -0.39 is 0 Å². The van der Waals surface area contributed by atoms with Gasteiger partial charge in [-0.2, -0.15) is 0 Å². The molecule has 1 aromatic heterocycles. The van der Waals surface area contributed by atoms with Gasteiger partial charge >= 0.3 is 0 Å². The smallest absolute Gasteiger partial charge is 0.212 e. The highest BCUT2D eigenvalue weighted by molar-refractivity contribution is 6.31. The summed E-state index contributed by atoms with van der Waals surface area (Å²) < 4.78 is 10.6. The van der Waals surface area contributed by atoms with Crippen LogP contribution in [0.15, 0.2) is 48.7 Å². The summed E-state index contributed by atoms with van der Waals surface area (Å²) in [4.78, 5) is 17.0. The van der Waals surface area contributed by atoms with Crippen LogP contribution < -0.4 is 9.47 Å². The Morgan fingerprint density at radius 3 is 2.48 bits per heavy atom. The molecule has 0 aliphatic rings. The van der Waals surface area contributed by atoms with Gasteiger partial charge in [0.2, 0.25) is 5.78 Å². The molecule has 23 heavy (non-hydrogen) atoms. The van der Waals surface area contributed by atoms with Crippen LogP contribution >= 0.6 is 11.6 Å². The van der Waals surface area contributed by atoms with Crippen LogP contribution in [0.25, 0.3) is 10.8 Å². The van der Waals surface area contributed by atoms with Crippen LogP contribution in [0.1, 0.15) is 16.1 Å². The molecular weight excluding hydrogens is 314 g/mol. The van der Waals surface area contributed by atoms with Crippen molar-refractivity contribution in [2.75, 3.05) is 14.2 Å². The van der Waals surface area contributed by atoms with Crippen molar-refractivity contribution in [1.82, 2.24) is 4.98 Å². The maximum Gasteiger partial charge on any atom is 0.212 e. The van der Waals surface area contributed by atoms with Crippen molar-refractivity contribution >= 4 is 28.2 Å². The average molecular weight is 328 g/mol. The number of methoxy groups -OCH3 is 2. The van der Waals surface area contributed by atoms with Gasteiger partial charge in [0.15, 0.2) is 11.5 Å². The zero-order valence-electron chi connectivity index (χ0n) is 12.7. The molecule has 5 heteroatoms. The zero-order valence-corrected chi connectivity index (χ0v) is 13.4. The first-order valence-electron chi connectivity index (χ1n) is 6.95. The number of pyridine rings is 1. The summed E-state index contributed by atoms with van der Waals surface area (Å²) in [6, 6.07) is 12.2. The second-order valence-corrected chi connectivity index (χ2v) is 5.36. The number of carbonyl (C=O) groups is 1. The molecule has 0 aliphatic heterocycles. The second kappa shape index (κ2) is 6.26. The molecule has 0 aliphatic carbocycles. The molecule has 0 unspecified atom stereocenters. The predicted octanol–water partition coefficient (Wildman–Crippen LogP) is 4.14. The number of ether oxygens (including phenoxy) is 2. The number of hydrogen-bond acceptors (Lipinski definition) is 4. The molecule has 0 saturated carbocycles. The minimum absolute atomic E-state index is 0.190. The van der Waals surface area contributed by atoms with Crippen LogP contribution in [0.2, 0.25) is 5.02 Å². The molecule has 0 amide bonds. The number of halogens is 1. The quantitative estimate of drug-likeness (QED) is 0.676. The largest absolute Gasteiger partial charge is 0.493 e. The molecular formula is C18H14ClNO3. The summed E-state index contributed by atoms with van der Waals surface area (Å²) >= 11 is 5.97. The molecule has 1 heterocycles. The Balaban J connectivity index is 2.19. The van der Waals surface area contributed by atoms with Crippen LogP contribution in [-0.2, 0) is 0 Å². The van der Waals surface area contributed by atoms with Crippen molar-refractivity contribution in [2.45, 2.75) is 0 Å². The van der Waals surface area contributed by atoms with E-state index in [9.17, 15) is 4.79 Å². The number of fused-ring (bicyclic) bond motifs is 1. The van der Waals surface area contributed by atoms with Crippen molar-refractivity contribution in [2.24, 2.45) is 0 Å². The van der Waals surface area contributed by atoms with Gasteiger partial charge in [-0.05, 0) is 35.7 Å². The molecule has 0 N–H and O–H groups in total. The zero-order chi connectivity index (χ0) is 16.4. The van der Waals surface area contributed by atoms with Gasteiger partial charge in [-0.3, -0.25) is 9.78 Å². The normalized spacial score (nSPS) is 10.6. The van der Waals surface area contributed by atoms with E-state index in [1.165, 1.54) is 0 Å². The molecule has 0 fully saturated rings. The van der Waals surface area contributed by atoms with Crippen molar-refractivity contribution in [3.05, 3.63) is 64.9 Å². The first-order valence-corrected chi connectivity index (χ1v) is 7.33. The van der Waals surface area contributed by atoms with Gasteiger partial charge < -0.3 is 9.47 Å². The molecule has 116 valence electrons. The van der Waals surface area contributed by atoms with Crippen molar-refractivity contribution in [3.63, 3.8) is 0 Å². The highest BCUT2D eigenvalue weighted by atomic mass is 35.5. The van der Waals surface area contributed by atoms with Crippen molar-refractivity contribution in [1.29, 1.82) is 0 Å². The lowest BCUT2D eigenvalue weighted by atomic mass is 10.0. The maximum atomic E-state index is 12.8. The monoisotopic (exact) mass is 327 g/mol.